The Labute approximate surface area is 153 Å². The molecule has 2 rings (SSSR count). The number of amides is 2. The van der Waals surface area contributed by atoms with Crippen molar-refractivity contribution in [1.82, 2.24) is 4.90 Å². The van der Waals surface area contributed by atoms with Crippen molar-refractivity contribution in [3.05, 3.63) is 24.3 Å². The Balaban J connectivity index is 1.75. The van der Waals surface area contributed by atoms with Crippen LogP contribution in [0, 0.1) is 0 Å². The topological polar surface area (TPSA) is 84.9 Å². The molecule has 0 saturated carbocycles. The maximum absolute atomic E-state index is 12.1. The predicted molar refractivity (Wildman–Crippen MR) is 87.8 cm³/mol. The number of halogens is 3. The molecular weight excluding hydrogens is 369 g/mol. The second kappa shape index (κ2) is 9.24. The molecule has 0 radical (unpaired) electrons. The zero-order valence-electron chi connectivity index (χ0n) is 14.4. The molecule has 1 aromatic rings. The Kier molecular flexibility index (Phi) is 7.03. The second-order valence-electron chi connectivity index (χ2n) is 5.91. The lowest BCUT2D eigenvalue weighted by atomic mass is 10.2. The summed E-state index contributed by atoms with van der Waals surface area (Å²) in [5.74, 6) is -1.89. The normalized spacial score (nSPS) is 15.1. The SMILES string of the molecule is O=C(COC(=O)CN1CCCCCC1=O)Nc1ccc(OC(F)(F)F)cc1. The molecule has 0 unspecified atom stereocenters. The van der Waals surface area contributed by atoms with E-state index in [-0.39, 0.29) is 18.1 Å². The summed E-state index contributed by atoms with van der Waals surface area (Å²) < 4.78 is 44.8. The van der Waals surface area contributed by atoms with Crippen LogP contribution in [0.1, 0.15) is 25.7 Å². The summed E-state index contributed by atoms with van der Waals surface area (Å²) in [6.07, 6.45) is -1.88. The lowest BCUT2D eigenvalue weighted by Gasteiger charge is -2.19. The molecule has 1 N–H and O–H groups in total. The average molecular weight is 388 g/mol. The van der Waals surface area contributed by atoms with E-state index < -0.39 is 30.6 Å². The third-order valence-corrected chi connectivity index (χ3v) is 3.73. The number of hydrogen-bond acceptors (Lipinski definition) is 5. The molecule has 0 atom stereocenters. The van der Waals surface area contributed by atoms with Crippen molar-refractivity contribution >= 4 is 23.5 Å². The lowest BCUT2D eigenvalue weighted by molar-refractivity contribution is -0.274. The average Bonchev–Trinajstić information content (AvgIpc) is 2.78. The quantitative estimate of drug-likeness (QED) is 0.757. The summed E-state index contributed by atoms with van der Waals surface area (Å²) in [6, 6.07) is 4.52. The van der Waals surface area contributed by atoms with Crippen LogP contribution >= 0.6 is 0 Å². The Morgan fingerprint density at radius 3 is 2.48 bits per heavy atom. The molecule has 1 aliphatic heterocycles. The van der Waals surface area contributed by atoms with Gasteiger partial charge in [-0.1, -0.05) is 6.42 Å². The number of carbonyl (C=O) groups is 3. The van der Waals surface area contributed by atoms with E-state index in [4.69, 9.17) is 4.74 Å². The fourth-order valence-corrected chi connectivity index (χ4v) is 2.49. The molecule has 0 aromatic heterocycles. The summed E-state index contributed by atoms with van der Waals surface area (Å²) in [5.41, 5.74) is 0.216. The number of ether oxygens (including phenoxy) is 2. The molecule has 1 aromatic carbocycles. The van der Waals surface area contributed by atoms with Crippen LogP contribution in [-0.4, -0.2) is 48.7 Å². The first kappa shape index (κ1) is 20.5. The minimum atomic E-state index is -4.80. The highest BCUT2D eigenvalue weighted by atomic mass is 19.4. The van der Waals surface area contributed by atoms with Crippen molar-refractivity contribution in [2.45, 2.75) is 32.0 Å². The van der Waals surface area contributed by atoms with Crippen molar-refractivity contribution in [2.75, 3.05) is 25.0 Å². The standard InChI is InChI=1S/C17H19F3N2O5/c18-17(19,20)27-13-7-5-12(6-8-13)21-14(23)11-26-16(25)10-22-9-3-1-2-4-15(22)24/h5-8H,1-4,9-11H2,(H,21,23). The Morgan fingerprint density at radius 2 is 1.81 bits per heavy atom. The van der Waals surface area contributed by atoms with Gasteiger partial charge in [0.15, 0.2) is 6.61 Å². The third kappa shape index (κ3) is 7.55. The number of benzene rings is 1. The molecule has 0 aliphatic carbocycles. The van der Waals surface area contributed by atoms with Gasteiger partial charge in [0.2, 0.25) is 5.91 Å². The minimum Gasteiger partial charge on any atom is -0.454 e. The van der Waals surface area contributed by atoms with Gasteiger partial charge in [-0.15, -0.1) is 13.2 Å². The second-order valence-corrected chi connectivity index (χ2v) is 5.91. The van der Waals surface area contributed by atoms with Crippen LogP contribution < -0.4 is 10.1 Å². The highest BCUT2D eigenvalue weighted by Gasteiger charge is 2.31. The molecule has 1 fully saturated rings. The number of carbonyl (C=O) groups excluding carboxylic acids is 3. The zero-order chi connectivity index (χ0) is 19.9. The van der Waals surface area contributed by atoms with Gasteiger partial charge in [0.1, 0.15) is 12.3 Å². The van der Waals surface area contributed by atoms with E-state index in [9.17, 15) is 27.6 Å². The van der Waals surface area contributed by atoms with E-state index in [0.717, 1.165) is 31.4 Å². The molecular formula is C17H19F3N2O5. The number of nitrogens with zero attached hydrogens (tertiary/aromatic N) is 1. The maximum Gasteiger partial charge on any atom is 0.573 e. The van der Waals surface area contributed by atoms with E-state index in [1.165, 1.54) is 17.0 Å². The molecule has 148 valence electrons. The fourth-order valence-electron chi connectivity index (χ4n) is 2.49. The van der Waals surface area contributed by atoms with Gasteiger partial charge in [0, 0.05) is 18.7 Å². The first-order valence-electron chi connectivity index (χ1n) is 8.32. The van der Waals surface area contributed by atoms with Crippen LogP contribution in [-0.2, 0) is 19.1 Å². The molecule has 1 aliphatic rings. The third-order valence-electron chi connectivity index (χ3n) is 3.73. The number of hydrogen-bond donors (Lipinski definition) is 1. The molecule has 27 heavy (non-hydrogen) atoms. The summed E-state index contributed by atoms with van der Waals surface area (Å²) >= 11 is 0. The van der Waals surface area contributed by atoms with Gasteiger partial charge >= 0.3 is 12.3 Å². The molecule has 0 spiro atoms. The molecule has 1 saturated heterocycles. The zero-order valence-corrected chi connectivity index (χ0v) is 14.4. The summed E-state index contributed by atoms with van der Waals surface area (Å²) in [6.45, 7) is -0.302. The number of rotatable bonds is 6. The van der Waals surface area contributed by atoms with Crippen molar-refractivity contribution in [3.8, 4) is 5.75 Å². The van der Waals surface area contributed by atoms with Crippen LogP contribution in [0.3, 0.4) is 0 Å². The van der Waals surface area contributed by atoms with Gasteiger partial charge < -0.3 is 19.7 Å². The summed E-state index contributed by atoms with van der Waals surface area (Å²) in [7, 11) is 0. The summed E-state index contributed by atoms with van der Waals surface area (Å²) in [4.78, 5) is 36.8. The number of alkyl halides is 3. The van der Waals surface area contributed by atoms with Crippen LogP contribution in [0.4, 0.5) is 18.9 Å². The van der Waals surface area contributed by atoms with Gasteiger partial charge in [0.25, 0.3) is 5.91 Å². The Morgan fingerprint density at radius 1 is 1.11 bits per heavy atom. The Hall–Kier alpha value is -2.78. The van der Waals surface area contributed by atoms with Crippen molar-refractivity contribution < 1.29 is 37.0 Å². The van der Waals surface area contributed by atoms with Gasteiger partial charge in [0.05, 0.1) is 0 Å². The first-order chi connectivity index (χ1) is 12.7. The van der Waals surface area contributed by atoms with Gasteiger partial charge in [-0.05, 0) is 37.1 Å². The van der Waals surface area contributed by atoms with E-state index >= 15 is 0 Å². The van der Waals surface area contributed by atoms with Crippen molar-refractivity contribution in [3.63, 3.8) is 0 Å². The van der Waals surface area contributed by atoms with Crippen LogP contribution in [0.25, 0.3) is 0 Å². The highest BCUT2D eigenvalue weighted by molar-refractivity contribution is 5.93. The van der Waals surface area contributed by atoms with Gasteiger partial charge in [-0.2, -0.15) is 0 Å². The number of likely N-dealkylation sites (tertiary alicyclic amines) is 1. The molecule has 10 heteroatoms. The molecule has 2 amide bonds. The van der Waals surface area contributed by atoms with Gasteiger partial charge in [-0.3, -0.25) is 14.4 Å². The highest BCUT2D eigenvalue weighted by Crippen LogP contribution is 2.23. The van der Waals surface area contributed by atoms with Crippen molar-refractivity contribution in [1.29, 1.82) is 0 Å². The molecule has 7 nitrogen and oxygen atoms in total. The fraction of sp³-hybridized carbons (Fsp3) is 0.471. The molecule has 1 heterocycles. The number of anilines is 1. The van der Waals surface area contributed by atoms with E-state index in [1.54, 1.807) is 0 Å². The smallest absolute Gasteiger partial charge is 0.454 e. The lowest BCUT2D eigenvalue weighted by Crippen LogP contribution is -2.36. The predicted octanol–water partition coefficient (Wildman–Crippen LogP) is 2.47. The Bertz CT molecular complexity index is 676. The molecule has 0 bridgehead atoms. The van der Waals surface area contributed by atoms with E-state index in [1.807, 2.05) is 0 Å². The van der Waals surface area contributed by atoms with E-state index in [0.29, 0.717) is 13.0 Å². The monoisotopic (exact) mass is 388 g/mol. The van der Waals surface area contributed by atoms with Crippen LogP contribution in [0.2, 0.25) is 0 Å². The number of nitrogens with one attached hydrogen (secondary N) is 1. The largest absolute Gasteiger partial charge is 0.573 e. The van der Waals surface area contributed by atoms with Crippen LogP contribution in [0.5, 0.6) is 5.75 Å². The number of esters is 1. The maximum atomic E-state index is 12.1. The minimum absolute atomic E-state index is 0.116. The van der Waals surface area contributed by atoms with Gasteiger partial charge in [-0.25, -0.2) is 0 Å². The van der Waals surface area contributed by atoms with Crippen LogP contribution in [0.15, 0.2) is 24.3 Å². The van der Waals surface area contributed by atoms with E-state index in [2.05, 4.69) is 10.1 Å². The summed E-state index contributed by atoms with van der Waals surface area (Å²) in [5, 5.41) is 2.38. The van der Waals surface area contributed by atoms with Crippen molar-refractivity contribution in [2.24, 2.45) is 0 Å². The first-order valence-corrected chi connectivity index (χ1v) is 8.32.